The highest BCUT2D eigenvalue weighted by atomic mass is 32.3. The molecule has 0 aliphatic carbocycles. The topological polar surface area (TPSA) is 54.5 Å². The molecule has 2 rings (SSSR count). The Kier molecular flexibility index (Phi) is 4.75. The van der Waals surface area contributed by atoms with Crippen LogP contribution >= 0.6 is 0 Å². The Morgan fingerprint density at radius 1 is 1.10 bits per heavy atom. The fourth-order valence-electron chi connectivity index (χ4n) is 2.37. The molecule has 1 aromatic carbocycles. The molecule has 0 saturated carbocycles. The normalized spacial score (nSPS) is 16.1. The Morgan fingerprint density at radius 3 is 2.25 bits per heavy atom. The molecule has 1 saturated heterocycles. The molecular weight excluding hydrogens is 281 g/mol. The van der Waals surface area contributed by atoms with Crippen molar-refractivity contribution in [3.63, 3.8) is 0 Å². The van der Waals surface area contributed by atoms with Gasteiger partial charge in [-0.3, -0.25) is 4.79 Å². The molecule has 0 radical (unpaired) electrons. The van der Waals surface area contributed by atoms with Crippen LogP contribution in [0.25, 0.3) is 0 Å². The molecular formula is C14H18FNO3S. The van der Waals surface area contributed by atoms with Crippen LogP contribution in [-0.2, 0) is 21.4 Å². The maximum Gasteiger partial charge on any atom is 0.332 e. The number of hydrogen-bond acceptors (Lipinski definition) is 3. The maximum absolute atomic E-state index is 12.7. The lowest BCUT2D eigenvalue weighted by atomic mass is 10.1. The van der Waals surface area contributed by atoms with Crippen LogP contribution in [0.4, 0.5) is 3.89 Å². The lowest BCUT2D eigenvalue weighted by Crippen LogP contribution is -2.35. The van der Waals surface area contributed by atoms with Crippen molar-refractivity contribution in [3.8, 4) is 0 Å². The van der Waals surface area contributed by atoms with Crippen molar-refractivity contribution in [2.45, 2.75) is 37.0 Å². The van der Waals surface area contributed by atoms with E-state index in [1.54, 1.807) is 12.1 Å². The fraction of sp³-hybridized carbons (Fsp3) is 0.500. The Bertz CT molecular complexity index is 563. The van der Waals surface area contributed by atoms with E-state index in [0.29, 0.717) is 12.8 Å². The van der Waals surface area contributed by atoms with E-state index in [-0.39, 0.29) is 10.8 Å². The van der Waals surface area contributed by atoms with Crippen LogP contribution in [0, 0.1) is 0 Å². The summed E-state index contributed by atoms with van der Waals surface area (Å²) in [6.07, 6.45) is 4.26. The van der Waals surface area contributed by atoms with E-state index in [9.17, 15) is 17.1 Å². The SMILES string of the molecule is O=C(CCc1ccc(S(=O)(=O)F)cc1)N1CCCCC1. The third-order valence-corrected chi connectivity index (χ3v) is 4.38. The van der Waals surface area contributed by atoms with Crippen LogP contribution in [0.2, 0.25) is 0 Å². The van der Waals surface area contributed by atoms with E-state index in [4.69, 9.17) is 0 Å². The van der Waals surface area contributed by atoms with E-state index in [2.05, 4.69) is 0 Å². The fourth-order valence-corrected chi connectivity index (χ4v) is 2.83. The molecule has 4 nitrogen and oxygen atoms in total. The van der Waals surface area contributed by atoms with Gasteiger partial charge in [-0.2, -0.15) is 8.42 Å². The summed E-state index contributed by atoms with van der Waals surface area (Å²) in [5.74, 6) is 0.131. The molecule has 20 heavy (non-hydrogen) atoms. The molecule has 1 aromatic rings. The van der Waals surface area contributed by atoms with Gasteiger partial charge in [-0.05, 0) is 43.4 Å². The summed E-state index contributed by atoms with van der Waals surface area (Å²) in [5, 5.41) is 0. The summed E-state index contributed by atoms with van der Waals surface area (Å²) in [6.45, 7) is 1.66. The second-order valence-corrected chi connectivity index (χ2v) is 6.37. The smallest absolute Gasteiger partial charge is 0.332 e. The molecule has 1 aliphatic rings. The number of amides is 1. The van der Waals surface area contributed by atoms with Crippen LogP contribution in [0.1, 0.15) is 31.2 Å². The largest absolute Gasteiger partial charge is 0.343 e. The highest BCUT2D eigenvalue weighted by Crippen LogP contribution is 2.15. The number of carbonyl (C=O) groups excluding carboxylic acids is 1. The summed E-state index contributed by atoms with van der Waals surface area (Å²) in [7, 11) is -4.64. The number of aryl methyl sites for hydroxylation is 1. The number of rotatable bonds is 4. The monoisotopic (exact) mass is 299 g/mol. The van der Waals surface area contributed by atoms with Gasteiger partial charge in [0.25, 0.3) is 0 Å². The average molecular weight is 299 g/mol. The zero-order chi connectivity index (χ0) is 14.6. The lowest BCUT2D eigenvalue weighted by molar-refractivity contribution is -0.132. The molecule has 0 aromatic heterocycles. The van der Waals surface area contributed by atoms with Gasteiger partial charge in [0.15, 0.2) is 0 Å². The standard InChI is InChI=1S/C14H18FNO3S/c15-20(18,19)13-7-4-12(5-8-13)6-9-14(17)16-10-2-1-3-11-16/h4-5,7-8H,1-3,6,9-11H2. The number of piperidine rings is 1. The number of benzene rings is 1. The van der Waals surface area contributed by atoms with Gasteiger partial charge in [0.05, 0.1) is 4.90 Å². The van der Waals surface area contributed by atoms with Gasteiger partial charge in [-0.15, -0.1) is 3.89 Å². The number of likely N-dealkylation sites (tertiary alicyclic amines) is 1. The van der Waals surface area contributed by atoms with Gasteiger partial charge in [-0.1, -0.05) is 12.1 Å². The van der Waals surface area contributed by atoms with Crippen LogP contribution < -0.4 is 0 Å². The third-order valence-electron chi connectivity index (χ3n) is 3.54. The molecule has 1 fully saturated rings. The molecule has 0 unspecified atom stereocenters. The van der Waals surface area contributed by atoms with Crippen LogP contribution in [-0.4, -0.2) is 32.3 Å². The van der Waals surface area contributed by atoms with Crippen molar-refractivity contribution in [2.75, 3.05) is 13.1 Å². The predicted octanol–water partition coefficient (Wildman–Crippen LogP) is 2.29. The van der Waals surface area contributed by atoms with E-state index in [1.165, 1.54) is 18.6 Å². The predicted molar refractivity (Wildman–Crippen MR) is 73.5 cm³/mol. The van der Waals surface area contributed by atoms with E-state index < -0.39 is 10.2 Å². The van der Waals surface area contributed by atoms with E-state index >= 15 is 0 Å². The van der Waals surface area contributed by atoms with E-state index in [0.717, 1.165) is 31.5 Å². The van der Waals surface area contributed by atoms with Crippen LogP contribution in [0.15, 0.2) is 29.2 Å². The minimum absolute atomic E-state index is 0.131. The Morgan fingerprint density at radius 2 is 1.70 bits per heavy atom. The molecule has 0 bridgehead atoms. The van der Waals surface area contributed by atoms with Gasteiger partial charge in [-0.25, -0.2) is 0 Å². The minimum atomic E-state index is -4.64. The van der Waals surface area contributed by atoms with Crippen LogP contribution in [0.5, 0.6) is 0 Å². The quantitative estimate of drug-likeness (QED) is 0.802. The first-order valence-electron chi connectivity index (χ1n) is 6.78. The van der Waals surface area contributed by atoms with Gasteiger partial charge < -0.3 is 4.90 Å². The molecule has 1 aliphatic heterocycles. The second kappa shape index (κ2) is 6.35. The molecule has 110 valence electrons. The Balaban J connectivity index is 1.89. The summed E-state index contributed by atoms with van der Waals surface area (Å²) < 4.78 is 34.1. The zero-order valence-electron chi connectivity index (χ0n) is 11.2. The summed E-state index contributed by atoms with van der Waals surface area (Å²) >= 11 is 0. The Labute approximate surface area is 118 Å². The van der Waals surface area contributed by atoms with Gasteiger partial charge in [0.1, 0.15) is 0 Å². The van der Waals surface area contributed by atoms with Crippen molar-refractivity contribution in [3.05, 3.63) is 29.8 Å². The highest BCUT2D eigenvalue weighted by Gasteiger charge is 2.16. The van der Waals surface area contributed by atoms with E-state index in [1.807, 2.05) is 4.90 Å². The number of nitrogens with zero attached hydrogens (tertiary/aromatic N) is 1. The first-order valence-corrected chi connectivity index (χ1v) is 8.16. The molecule has 0 atom stereocenters. The molecule has 0 N–H and O–H groups in total. The van der Waals surface area contributed by atoms with Crippen LogP contribution in [0.3, 0.4) is 0 Å². The number of hydrogen-bond donors (Lipinski definition) is 0. The number of halogens is 1. The molecule has 0 spiro atoms. The first-order chi connectivity index (χ1) is 9.47. The second-order valence-electron chi connectivity index (χ2n) is 5.02. The first kappa shape index (κ1) is 15.0. The molecule has 1 heterocycles. The minimum Gasteiger partial charge on any atom is -0.343 e. The third kappa shape index (κ3) is 4.03. The van der Waals surface area contributed by atoms with Crippen molar-refractivity contribution < 1.29 is 17.1 Å². The van der Waals surface area contributed by atoms with Gasteiger partial charge in [0, 0.05) is 19.5 Å². The average Bonchev–Trinajstić information content (AvgIpc) is 2.45. The highest BCUT2D eigenvalue weighted by molar-refractivity contribution is 7.86. The molecule has 6 heteroatoms. The van der Waals surface area contributed by atoms with Crippen molar-refractivity contribution >= 4 is 16.1 Å². The van der Waals surface area contributed by atoms with Gasteiger partial charge >= 0.3 is 10.2 Å². The summed E-state index contributed by atoms with van der Waals surface area (Å²) in [4.78, 5) is 13.5. The van der Waals surface area contributed by atoms with Crippen molar-refractivity contribution in [1.82, 2.24) is 4.90 Å². The Hall–Kier alpha value is -1.43. The molecule has 1 amide bonds. The number of carbonyl (C=O) groups is 1. The van der Waals surface area contributed by atoms with Crippen molar-refractivity contribution in [1.29, 1.82) is 0 Å². The summed E-state index contributed by atoms with van der Waals surface area (Å²) in [6, 6.07) is 5.57. The van der Waals surface area contributed by atoms with Crippen molar-refractivity contribution in [2.24, 2.45) is 0 Å². The lowest BCUT2D eigenvalue weighted by Gasteiger charge is -2.26. The zero-order valence-corrected chi connectivity index (χ0v) is 12.0. The van der Waals surface area contributed by atoms with Gasteiger partial charge in [0.2, 0.25) is 5.91 Å². The maximum atomic E-state index is 12.7. The summed E-state index contributed by atoms with van der Waals surface area (Å²) in [5.41, 5.74) is 0.836.